The largest absolute Gasteiger partial charge is 0.382 e. The summed E-state index contributed by atoms with van der Waals surface area (Å²) in [7, 11) is 0. The highest BCUT2D eigenvalue weighted by molar-refractivity contribution is 9.10. The van der Waals surface area contributed by atoms with Crippen molar-refractivity contribution in [1.82, 2.24) is 0 Å². The standard InChI is InChI=1S/C15H15N.C12H9Br.C3H7N/c1-2-12-16-15-10-8-14(9-11-15)13-6-4-3-5-7-13;13-12-8-6-11(7-9-12)10-4-2-1-3-5-10;1-2-3-4/h2-11,16H,1,12H2;1-9H;2H,1,3-4H2. The third-order valence-corrected chi connectivity index (χ3v) is 5.09. The Labute approximate surface area is 206 Å². The van der Waals surface area contributed by atoms with E-state index in [1.165, 1.54) is 22.3 Å². The molecular weight excluding hydrogens is 468 g/mol. The Morgan fingerprint density at radius 1 is 0.606 bits per heavy atom. The van der Waals surface area contributed by atoms with Crippen LogP contribution in [-0.4, -0.2) is 13.1 Å². The van der Waals surface area contributed by atoms with Crippen LogP contribution in [0.4, 0.5) is 5.69 Å². The fraction of sp³-hybridized carbons (Fsp3) is 0.0667. The number of hydrogen-bond acceptors (Lipinski definition) is 2. The quantitative estimate of drug-likeness (QED) is 0.263. The zero-order valence-electron chi connectivity index (χ0n) is 18.8. The minimum Gasteiger partial charge on any atom is -0.382 e. The Hall–Kier alpha value is -3.40. The molecule has 0 spiro atoms. The number of halogens is 1. The van der Waals surface area contributed by atoms with Gasteiger partial charge in [-0.1, -0.05) is 113 Å². The van der Waals surface area contributed by atoms with E-state index in [2.05, 4.69) is 131 Å². The maximum absolute atomic E-state index is 4.91. The van der Waals surface area contributed by atoms with Gasteiger partial charge in [0.1, 0.15) is 0 Å². The summed E-state index contributed by atoms with van der Waals surface area (Å²) in [5, 5.41) is 3.25. The van der Waals surface area contributed by atoms with Crippen molar-refractivity contribution in [3.8, 4) is 22.3 Å². The predicted molar refractivity (Wildman–Crippen MR) is 149 cm³/mol. The molecule has 4 aromatic carbocycles. The fourth-order valence-electron chi connectivity index (χ4n) is 2.87. The third-order valence-electron chi connectivity index (χ3n) is 4.56. The summed E-state index contributed by atoms with van der Waals surface area (Å²) in [6, 6.07) is 37.5. The highest BCUT2D eigenvalue weighted by Crippen LogP contribution is 2.21. The minimum atomic E-state index is 0.583. The van der Waals surface area contributed by atoms with Crippen LogP contribution in [0.25, 0.3) is 22.3 Å². The number of benzene rings is 4. The molecule has 3 N–H and O–H groups in total. The van der Waals surface area contributed by atoms with E-state index >= 15 is 0 Å². The summed E-state index contributed by atoms with van der Waals surface area (Å²) in [6.07, 6.45) is 3.51. The molecule has 0 unspecified atom stereocenters. The Kier molecular flexibility index (Phi) is 12.1. The number of nitrogens with one attached hydrogen (secondary N) is 1. The van der Waals surface area contributed by atoms with E-state index < -0.39 is 0 Å². The molecule has 0 radical (unpaired) electrons. The van der Waals surface area contributed by atoms with E-state index in [9.17, 15) is 0 Å². The summed E-state index contributed by atoms with van der Waals surface area (Å²) in [6.45, 7) is 8.41. The Bertz CT molecular complexity index is 1060. The highest BCUT2D eigenvalue weighted by Gasteiger charge is 1.96. The van der Waals surface area contributed by atoms with Crippen molar-refractivity contribution in [1.29, 1.82) is 0 Å². The zero-order chi connectivity index (χ0) is 23.7. The molecule has 0 fully saturated rings. The lowest BCUT2D eigenvalue weighted by molar-refractivity contribution is 1.26. The molecule has 0 aliphatic carbocycles. The van der Waals surface area contributed by atoms with Gasteiger partial charge in [-0.25, -0.2) is 0 Å². The van der Waals surface area contributed by atoms with Crippen LogP contribution in [-0.2, 0) is 0 Å². The molecule has 0 aromatic heterocycles. The number of rotatable bonds is 6. The SMILES string of the molecule is Brc1ccc(-c2ccccc2)cc1.C=CCN.C=CCNc1ccc(-c2ccccc2)cc1. The molecule has 0 atom stereocenters. The van der Waals surface area contributed by atoms with Crippen LogP contribution in [0.3, 0.4) is 0 Å². The van der Waals surface area contributed by atoms with Gasteiger partial charge in [0.15, 0.2) is 0 Å². The van der Waals surface area contributed by atoms with Gasteiger partial charge >= 0.3 is 0 Å². The van der Waals surface area contributed by atoms with E-state index in [1.807, 2.05) is 18.2 Å². The van der Waals surface area contributed by atoms with Gasteiger partial charge in [-0.05, 0) is 46.5 Å². The number of anilines is 1. The molecule has 0 heterocycles. The fourth-order valence-corrected chi connectivity index (χ4v) is 3.14. The minimum absolute atomic E-state index is 0.583. The highest BCUT2D eigenvalue weighted by atomic mass is 79.9. The van der Waals surface area contributed by atoms with Crippen molar-refractivity contribution in [3.63, 3.8) is 0 Å². The summed E-state index contributed by atoms with van der Waals surface area (Å²) in [4.78, 5) is 0. The molecule has 0 saturated carbocycles. The second-order valence-electron chi connectivity index (χ2n) is 7.01. The molecule has 2 nitrogen and oxygen atoms in total. The van der Waals surface area contributed by atoms with E-state index in [1.54, 1.807) is 6.08 Å². The van der Waals surface area contributed by atoms with Crippen LogP contribution >= 0.6 is 15.9 Å². The van der Waals surface area contributed by atoms with Crippen LogP contribution < -0.4 is 11.1 Å². The first kappa shape index (κ1) is 25.9. The molecule has 0 aliphatic heterocycles. The van der Waals surface area contributed by atoms with E-state index in [0.29, 0.717) is 6.54 Å². The van der Waals surface area contributed by atoms with Crippen molar-refractivity contribution < 1.29 is 0 Å². The van der Waals surface area contributed by atoms with E-state index in [-0.39, 0.29) is 0 Å². The van der Waals surface area contributed by atoms with Crippen LogP contribution in [0.15, 0.2) is 139 Å². The van der Waals surface area contributed by atoms with Crippen LogP contribution in [0.1, 0.15) is 0 Å². The first-order chi connectivity index (χ1) is 16.2. The molecule has 168 valence electrons. The first-order valence-corrected chi connectivity index (χ1v) is 11.6. The normalized spacial score (nSPS) is 9.39. The van der Waals surface area contributed by atoms with Gasteiger partial charge in [0.05, 0.1) is 0 Å². The second-order valence-corrected chi connectivity index (χ2v) is 7.93. The van der Waals surface area contributed by atoms with Crippen molar-refractivity contribution in [2.24, 2.45) is 5.73 Å². The van der Waals surface area contributed by atoms with Crippen LogP contribution in [0.2, 0.25) is 0 Å². The van der Waals surface area contributed by atoms with Gasteiger partial charge in [0.2, 0.25) is 0 Å². The van der Waals surface area contributed by atoms with Crippen molar-refractivity contribution >= 4 is 21.6 Å². The van der Waals surface area contributed by atoms with Crippen molar-refractivity contribution in [2.75, 3.05) is 18.4 Å². The molecule has 33 heavy (non-hydrogen) atoms. The summed E-state index contributed by atoms with van der Waals surface area (Å²) in [5.41, 5.74) is 11.0. The summed E-state index contributed by atoms with van der Waals surface area (Å²) < 4.78 is 1.12. The molecular formula is C30H31BrN2. The predicted octanol–water partition coefficient (Wildman–Crippen LogP) is 8.20. The van der Waals surface area contributed by atoms with Crippen molar-refractivity contribution in [2.45, 2.75) is 0 Å². The molecule has 0 saturated heterocycles. The van der Waals surface area contributed by atoms with Gasteiger partial charge < -0.3 is 11.1 Å². The second kappa shape index (κ2) is 15.4. The van der Waals surface area contributed by atoms with E-state index in [4.69, 9.17) is 5.73 Å². The molecule has 4 rings (SSSR count). The lowest BCUT2D eigenvalue weighted by atomic mass is 10.1. The number of nitrogens with two attached hydrogens (primary N) is 1. The lowest BCUT2D eigenvalue weighted by Crippen LogP contribution is -1.96. The average molecular weight is 499 g/mol. The van der Waals surface area contributed by atoms with Crippen molar-refractivity contribution in [3.05, 3.63) is 139 Å². The van der Waals surface area contributed by atoms with Gasteiger partial charge in [-0.2, -0.15) is 0 Å². The topological polar surface area (TPSA) is 38.0 Å². The molecule has 3 heteroatoms. The lowest BCUT2D eigenvalue weighted by Gasteiger charge is -2.05. The van der Waals surface area contributed by atoms with Gasteiger partial charge in [0, 0.05) is 23.2 Å². The molecule has 0 aliphatic rings. The molecule has 0 bridgehead atoms. The summed E-state index contributed by atoms with van der Waals surface area (Å²) >= 11 is 3.42. The summed E-state index contributed by atoms with van der Waals surface area (Å²) in [5.74, 6) is 0. The Morgan fingerprint density at radius 2 is 1.00 bits per heavy atom. The average Bonchev–Trinajstić information content (AvgIpc) is 2.90. The van der Waals surface area contributed by atoms with Gasteiger partial charge in [-0.15, -0.1) is 13.2 Å². The first-order valence-electron chi connectivity index (χ1n) is 10.8. The van der Waals surface area contributed by atoms with Gasteiger partial charge in [0.25, 0.3) is 0 Å². The van der Waals surface area contributed by atoms with E-state index in [0.717, 1.165) is 16.7 Å². The molecule has 4 aromatic rings. The Morgan fingerprint density at radius 3 is 1.39 bits per heavy atom. The maximum atomic E-state index is 4.91. The Balaban J connectivity index is 0.000000204. The van der Waals surface area contributed by atoms with Crippen LogP contribution in [0.5, 0.6) is 0 Å². The van der Waals surface area contributed by atoms with Gasteiger partial charge in [-0.3, -0.25) is 0 Å². The third kappa shape index (κ3) is 9.73. The maximum Gasteiger partial charge on any atom is 0.0343 e. The molecule has 0 amide bonds. The number of hydrogen-bond donors (Lipinski definition) is 2. The monoisotopic (exact) mass is 498 g/mol. The zero-order valence-corrected chi connectivity index (χ0v) is 20.4. The van der Waals surface area contributed by atoms with Crippen LogP contribution in [0, 0.1) is 0 Å². The smallest absolute Gasteiger partial charge is 0.0343 e.